The Morgan fingerprint density at radius 1 is 1.17 bits per heavy atom. The number of esters is 1. The van der Waals surface area contributed by atoms with Crippen LogP contribution in [0.2, 0.25) is 5.02 Å². The molecule has 0 spiro atoms. The standard InChI is InChI=1S/C28H29ClF2N4O7/c1-15(32-24(38)18-8-9-20(19(29)10-18)33-16(2)36)26(40)35-14-28(30,31)12-22(35)25(39)34-21-11-23(37)42-27(21)41-13-17-6-4-3-5-7-17/h3-10,15,21-22,27H,11-14H2,1-2H3,(H,32,38)(H,33,36)(H,34,39)/t15-,21?,22-,27+/m0/s1. The molecule has 2 saturated heterocycles. The minimum absolute atomic E-state index is 0.0576. The van der Waals surface area contributed by atoms with Crippen molar-refractivity contribution in [2.24, 2.45) is 0 Å². The SMILES string of the molecule is CC(=O)Nc1ccc(C(=O)N[C@@H](C)C(=O)N2CC(F)(F)C[C@H]2C(=O)NC2CC(=O)O[C@H]2OCc2ccccc2)cc1Cl. The lowest BCUT2D eigenvalue weighted by molar-refractivity contribution is -0.168. The minimum Gasteiger partial charge on any atom is -0.433 e. The molecule has 3 N–H and O–H groups in total. The molecule has 2 fully saturated rings. The summed E-state index contributed by atoms with van der Waals surface area (Å²) in [4.78, 5) is 63.0. The Hall–Kier alpha value is -4.10. The molecule has 11 nitrogen and oxygen atoms in total. The van der Waals surface area contributed by atoms with Crippen LogP contribution in [0, 0.1) is 0 Å². The number of halogens is 3. The van der Waals surface area contributed by atoms with Crippen LogP contribution in [0.5, 0.6) is 0 Å². The lowest BCUT2D eigenvalue weighted by Crippen LogP contribution is -2.54. The van der Waals surface area contributed by atoms with E-state index in [9.17, 15) is 32.8 Å². The van der Waals surface area contributed by atoms with Gasteiger partial charge in [-0.15, -0.1) is 0 Å². The van der Waals surface area contributed by atoms with Crippen LogP contribution in [0.3, 0.4) is 0 Å². The fraction of sp³-hybridized carbons (Fsp3) is 0.393. The lowest BCUT2D eigenvalue weighted by atomic mass is 10.1. The molecule has 2 aliphatic rings. The van der Waals surface area contributed by atoms with E-state index in [0.29, 0.717) is 4.90 Å². The summed E-state index contributed by atoms with van der Waals surface area (Å²) in [5.41, 5.74) is 1.13. The summed E-state index contributed by atoms with van der Waals surface area (Å²) in [6.07, 6.45) is -2.32. The van der Waals surface area contributed by atoms with Gasteiger partial charge in [-0.2, -0.15) is 0 Å². The van der Waals surface area contributed by atoms with E-state index in [-0.39, 0.29) is 35.2 Å². The Balaban J connectivity index is 1.40. The number of benzene rings is 2. The molecule has 42 heavy (non-hydrogen) atoms. The Kier molecular flexibility index (Phi) is 9.42. The summed E-state index contributed by atoms with van der Waals surface area (Å²) < 4.78 is 39.8. The number of nitrogens with one attached hydrogen (secondary N) is 3. The van der Waals surface area contributed by atoms with Crippen LogP contribution in [0.4, 0.5) is 14.5 Å². The molecule has 0 saturated carbocycles. The first-order chi connectivity index (χ1) is 19.8. The molecular weight excluding hydrogens is 578 g/mol. The van der Waals surface area contributed by atoms with E-state index >= 15 is 0 Å². The third-order valence-electron chi connectivity index (χ3n) is 6.66. The molecular formula is C28H29ClF2N4O7. The number of likely N-dealkylation sites (tertiary alicyclic amines) is 1. The largest absolute Gasteiger partial charge is 0.433 e. The summed E-state index contributed by atoms with van der Waals surface area (Å²) >= 11 is 6.11. The van der Waals surface area contributed by atoms with Crippen molar-refractivity contribution in [1.82, 2.24) is 15.5 Å². The zero-order valence-electron chi connectivity index (χ0n) is 22.7. The predicted octanol–water partition coefficient (Wildman–Crippen LogP) is 2.63. The highest BCUT2D eigenvalue weighted by Gasteiger charge is 2.51. The monoisotopic (exact) mass is 606 g/mol. The van der Waals surface area contributed by atoms with Gasteiger partial charge in [-0.3, -0.25) is 24.0 Å². The quantitative estimate of drug-likeness (QED) is 0.372. The number of cyclic esters (lactones) is 1. The van der Waals surface area contributed by atoms with Crippen molar-refractivity contribution in [3.63, 3.8) is 0 Å². The van der Waals surface area contributed by atoms with E-state index in [1.165, 1.54) is 32.0 Å². The number of nitrogens with zero attached hydrogens (tertiary/aromatic N) is 1. The third-order valence-corrected chi connectivity index (χ3v) is 6.98. The topological polar surface area (TPSA) is 143 Å². The smallest absolute Gasteiger partial charge is 0.310 e. The normalized spacial score (nSPS) is 21.8. The maximum absolute atomic E-state index is 14.5. The van der Waals surface area contributed by atoms with Crippen LogP contribution in [0.25, 0.3) is 0 Å². The maximum atomic E-state index is 14.5. The van der Waals surface area contributed by atoms with E-state index in [0.717, 1.165) is 5.56 Å². The van der Waals surface area contributed by atoms with Gasteiger partial charge in [0.2, 0.25) is 24.0 Å². The highest BCUT2D eigenvalue weighted by Crippen LogP contribution is 2.33. The first-order valence-electron chi connectivity index (χ1n) is 13.0. The number of rotatable bonds is 9. The zero-order valence-corrected chi connectivity index (χ0v) is 23.5. The molecule has 2 aromatic carbocycles. The first-order valence-corrected chi connectivity index (χ1v) is 13.4. The van der Waals surface area contributed by atoms with Crippen LogP contribution in [-0.4, -0.2) is 71.4 Å². The van der Waals surface area contributed by atoms with Gasteiger partial charge in [0.1, 0.15) is 18.1 Å². The van der Waals surface area contributed by atoms with Crippen molar-refractivity contribution in [3.05, 3.63) is 64.7 Å². The second-order valence-electron chi connectivity index (χ2n) is 10.1. The van der Waals surface area contributed by atoms with Crippen LogP contribution in [-0.2, 0) is 35.3 Å². The fourth-order valence-electron chi connectivity index (χ4n) is 4.66. The number of hydrogen-bond acceptors (Lipinski definition) is 7. The fourth-order valence-corrected chi connectivity index (χ4v) is 4.88. The maximum Gasteiger partial charge on any atom is 0.310 e. The van der Waals surface area contributed by atoms with Crippen LogP contribution >= 0.6 is 11.6 Å². The average molecular weight is 607 g/mol. The molecule has 4 rings (SSSR count). The van der Waals surface area contributed by atoms with Gasteiger partial charge in [-0.1, -0.05) is 41.9 Å². The van der Waals surface area contributed by atoms with Crippen molar-refractivity contribution in [1.29, 1.82) is 0 Å². The Bertz CT molecular complexity index is 1380. The molecule has 2 aliphatic heterocycles. The summed E-state index contributed by atoms with van der Waals surface area (Å²) in [5.74, 6) is -6.90. The van der Waals surface area contributed by atoms with Gasteiger partial charge in [0, 0.05) is 18.9 Å². The Morgan fingerprint density at radius 3 is 2.55 bits per heavy atom. The van der Waals surface area contributed by atoms with Gasteiger partial charge in [0.05, 0.1) is 30.3 Å². The van der Waals surface area contributed by atoms with Gasteiger partial charge < -0.3 is 30.3 Å². The van der Waals surface area contributed by atoms with Gasteiger partial charge in [-0.25, -0.2) is 8.78 Å². The predicted molar refractivity (Wildman–Crippen MR) is 145 cm³/mol. The van der Waals surface area contributed by atoms with E-state index in [2.05, 4.69) is 16.0 Å². The zero-order chi connectivity index (χ0) is 30.6. The van der Waals surface area contributed by atoms with E-state index in [1.54, 1.807) is 24.3 Å². The van der Waals surface area contributed by atoms with Gasteiger partial charge in [0.15, 0.2) is 0 Å². The molecule has 1 unspecified atom stereocenters. The van der Waals surface area contributed by atoms with Crippen molar-refractivity contribution in [2.75, 3.05) is 11.9 Å². The Labute approximate surface area is 244 Å². The van der Waals surface area contributed by atoms with E-state index in [1.807, 2.05) is 6.07 Å². The lowest BCUT2D eigenvalue weighted by Gasteiger charge is -2.28. The molecule has 14 heteroatoms. The molecule has 0 aromatic heterocycles. The second kappa shape index (κ2) is 12.8. The van der Waals surface area contributed by atoms with Crippen molar-refractivity contribution >= 4 is 46.9 Å². The number of hydrogen-bond donors (Lipinski definition) is 3. The third kappa shape index (κ3) is 7.59. The van der Waals surface area contributed by atoms with E-state index in [4.69, 9.17) is 21.1 Å². The second-order valence-corrected chi connectivity index (χ2v) is 10.5. The summed E-state index contributed by atoms with van der Waals surface area (Å²) in [5, 5.41) is 7.52. The van der Waals surface area contributed by atoms with Gasteiger partial charge >= 0.3 is 5.97 Å². The average Bonchev–Trinajstić information content (AvgIpc) is 3.45. The van der Waals surface area contributed by atoms with Crippen molar-refractivity contribution in [2.45, 2.75) is 63.6 Å². The van der Waals surface area contributed by atoms with E-state index < -0.39 is 67.0 Å². The summed E-state index contributed by atoms with van der Waals surface area (Å²) in [7, 11) is 0. The molecule has 0 radical (unpaired) electrons. The highest BCUT2D eigenvalue weighted by atomic mass is 35.5. The van der Waals surface area contributed by atoms with Crippen molar-refractivity contribution in [3.8, 4) is 0 Å². The number of carbonyl (C=O) groups excluding carboxylic acids is 5. The molecule has 4 amide bonds. The van der Waals surface area contributed by atoms with Crippen LogP contribution < -0.4 is 16.0 Å². The number of carbonyl (C=O) groups is 5. The molecule has 2 heterocycles. The number of alkyl halides is 2. The number of amides is 4. The minimum atomic E-state index is -3.36. The molecule has 0 aliphatic carbocycles. The Morgan fingerprint density at radius 2 is 1.88 bits per heavy atom. The highest BCUT2D eigenvalue weighted by molar-refractivity contribution is 6.34. The van der Waals surface area contributed by atoms with Crippen LogP contribution in [0.1, 0.15) is 42.6 Å². The molecule has 224 valence electrons. The number of anilines is 1. The van der Waals surface area contributed by atoms with Gasteiger partial charge in [0.25, 0.3) is 11.8 Å². The molecule has 4 atom stereocenters. The van der Waals surface area contributed by atoms with Crippen molar-refractivity contribution < 1.29 is 42.2 Å². The summed E-state index contributed by atoms with van der Waals surface area (Å²) in [6, 6.07) is 9.25. The molecule has 2 aromatic rings. The summed E-state index contributed by atoms with van der Waals surface area (Å²) in [6.45, 7) is 1.64. The molecule has 0 bridgehead atoms. The number of ether oxygens (including phenoxy) is 2. The van der Waals surface area contributed by atoms with Gasteiger partial charge in [-0.05, 0) is 30.7 Å². The first kappa shape index (κ1) is 30.8. The van der Waals surface area contributed by atoms with Crippen LogP contribution in [0.15, 0.2) is 48.5 Å².